The third kappa shape index (κ3) is 1.74. The summed E-state index contributed by atoms with van der Waals surface area (Å²) in [6.45, 7) is 1.31. The highest BCUT2D eigenvalue weighted by atomic mass is 16.5. The second-order valence-electron chi connectivity index (χ2n) is 2.79. The number of methoxy groups -OCH3 is 1. The first-order valence-corrected chi connectivity index (χ1v) is 3.97. The van der Waals surface area contributed by atoms with Crippen LogP contribution < -0.4 is 4.74 Å². The lowest BCUT2D eigenvalue weighted by atomic mass is 10.1. The second kappa shape index (κ2) is 3.91. The Morgan fingerprint density at radius 3 is 2.57 bits per heavy atom. The summed E-state index contributed by atoms with van der Waals surface area (Å²) in [6, 6.07) is 2.70. The molecule has 0 radical (unpaired) electrons. The minimum Gasteiger partial charge on any atom is -0.504 e. The molecule has 0 amide bonds. The Morgan fingerprint density at radius 2 is 2.14 bits per heavy atom. The molecule has 4 nitrogen and oxygen atoms in total. The van der Waals surface area contributed by atoms with E-state index in [0.717, 1.165) is 0 Å². The summed E-state index contributed by atoms with van der Waals surface area (Å²) in [5, 5.41) is 9.52. The van der Waals surface area contributed by atoms with Crippen LogP contribution in [-0.4, -0.2) is 24.3 Å². The molecule has 0 saturated heterocycles. The number of ether oxygens (including phenoxy) is 1. The number of benzene rings is 1. The number of aldehydes is 1. The number of aromatic hydroxyl groups is 1. The van der Waals surface area contributed by atoms with Crippen molar-refractivity contribution < 1.29 is 19.4 Å². The molecule has 0 fully saturated rings. The monoisotopic (exact) mass is 194 g/mol. The maximum absolute atomic E-state index is 11.1. The van der Waals surface area contributed by atoms with E-state index in [1.54, 1.807) is 0 Å². The van der Waals surface area contributed by atoms with Crippen LogP contribution in [0.25, 0.3) is 0 Å². The zero-order chi connectivity index (χ0) is 10.7. The van der Waals surface area contributed by atoms with Crippen LogP contribution in [0.1, 0.15) is 27.6 Å². The number of hydrogen-bond donors (Lipinski definition) is 1. The van der Waals surface area contributed by atoms with Crippen LogP contribution in [0.4, 0.5) is 0 Å². The highest BCUT2D eigenvalue weighted by molar-refractivity contribution is 5.99. The molecule has 1 aromatic rings. The van der Waals surface area contributed by atoms with Gasteiger partial charge in [-0.3, -0.25) is 9.59 Å². The summed E-state index contributed by atoms with van der Waals surface area (Å²) in [7, 11) is 1.35. The lowest BCUT2D eigenvalue weighted by molar-refractivity contribution is 0.101. The molecule has 1 aromatic carbocycles. The topological polar surface area (TPSA) is 63.6 Å². The van der Waals surface area contributed by atoms with E-state index >= 15 is 0 Å². The van der Waals surface area contributed by atoms with Gasteiger partial charge in [0.2, 0.25) is 0 Å². The van der Waals surface area contributed by atoms with Gasteiger partial charge in [-0.25, -0.2) is 0 Å². The molecular formula is C10H10O4. The first kappa shape index (κ1) is 10.2. The van der Waals surface area contributed by atoms with E-state index in [2.05, 4.69) is 0 Å². The van der Waals surface area contributed by atoms with E-state index in [-0.39, 0.29) is 22.8 Å². The van der Waals surface area contributed by atoms with Crippen molar-refractivity contribution in [2.75, 3.05) is 7.11 Å². The fraction of sp³-hybridized carbons (Fsp3) is 0.200. The van der Waals surface area contributed by atoms with E-state index in [1.165, 1.54) is 26.2 Å². The SMILES string of the molecule is COc1cc(C=O)cc(C(C)=O)c1O. The van der Waals surface area contributed by atoms with Gasteiger partial charge in [-0.15, -0.1) is 0 Å². The standard InChI is InChI=1S/C10H10O4/c1-6(12)8-3-7(5-11)4-9(14-2)10(8)13/h3-5,13H,1-2H3. The summed E-state index contributed by atoms with van der Waals surface area (Å²) in [5.74, 6) is -0.421. The lowest BCUT2D eigenvalue weighted by Gasteiger charge is -2.07. The Labute approximate surface area is 81.1 Å². The van der Waals surface area contributed by atoms with Crippen LogP contribution in [0.3, 0.4) is 0 Å². The summed E-state index contributed by atoms with van der Waals surface area (Å²) in [5.41, 5.74) is 0.385. The summed E-state index contributed by atoms with van der Waals surface area (Å²) in [4.78, 5) is 21.6. The summed E-state index contributed by atoms with van der Waals surface area (Å²) >= 11 is 0. The average Bonchev–Trinajstić information content (AvgIpc) is 2.17. The first-order valence-electron chi connectivity index (χ1n) is 3.97. The van der Waals surface area contributed by atoms with Crippen LogP contribution >= 0.6 is 0 Å². The fourth-order valence-corrected chi connectivity index (χ4v) is 1.12. The van der Waals surface area contributed by atoms with Crippen molar-refractivity contribution in [3.63, 3.8) is 0 Å². The van der Waals surface area contributed by atoms with Gasteiger partial charge in [0.05, 0.1) is 12.7 Å². The molecule has 0 aliphatic heterocycles. The maximum atomic E-state index is 11.1. The predicted octanol–water partition coefficient (Wildman–Crippen LogP) is 1.42. The van der Waals surface area contributed by atoms with Gasteiger partial charge in [0.1, 0.15) is 6.29 Å². The smallest absolute Gasteiger partial charge is 0.168 e. The lowest BCUT2D eigenvalue weighted by Crippen LogP contribution is -1.97. The van der Waals surface area contributed by atoms with Crippen LogP contribution in [0.5, 0.6) is 11.5 Å². The second-order valence-corrected chi connectivity index (χ2v) is 2.79. The number of phenolic OH excluding ortho intramolecular Hbond substituents is 1. The van der Waals surface area contributed by atoms with Crippen molar-refractivity contribution in [1.82, 2.24) is 0 Å². The van der Waals surface area contributed by atoms with Crippen molar-refractivity contribution in [2.45, 2.75) is 6.92 Å². The molecule has 1 N–H and O–H groups in total. The largest absolute Gasteiger partial charge is 0.504 e. The molecule has 0 aromatic heterocycles. The number of Topliss-reactive ketones (excluding diaryl/α,β-unsaturated/α-hetero) is 1. The van der Waals surface area contributed by atoms with Crippen LogP contribution in [-0.2, 0) is 0 Å². The molecule has 0 spiro atoms. The van der Waals surface area contributed by atoms with Gasteiger partial charge in [-0.2, -0.15) is 0 Å². The third-order valence-corrected chi connectivity index (χ3v) is 1.83. The number of hydrogen-bond acceptors (Lipinski definition) is 4. The van der Waals surface area contributed by atoms with Gasteiger partial charge in [0.15, 0.2) is 17.3 Å². The minimum atomic E-state index is -0.315. The normalized spacial score (nSPS) is 9.57. The molecule has 0 heterocycles. The molecule has 0 unspecified atom stereocenters. The average molecular weight is 194 g/mol. The van der Waals surface area contributed by atoms with E-state index in [1.807, 2.05) is 0 Å². The van der Waals surface area contributed by atoms with E-state index in [0.29, 0.717) is 11.8 Å². The molecule has 0 saturated carbocycles. The van der Waals surface area contributed by atoms with E-state index < -0.39 is 0 Å². The van der Waals surface area contributed by atoms with Gasteiger partial charge in [0, 0.05) is 5.56 Å². The van der Waals surface area contributed by atoms with Crippen LogP contribution in [0.2, 0.25) is 0 Å². The number of carbonyl (C=O) groups excluding carboxylic acids is 2. The quantitative estimate of drug-likeness (QED) is 0.583. The Bertz CT molecular complexity index is 382. The molecular weight excluding hydrogens is 184 g/mol. The Kier molecular flexibility index (Phi) is 2.86. The molecule has 0 bridgehead atoms. The van der Waals surface area contributed by atoms with Crippen molar-refractivity contribution in [3.8, 4) is 11.5 Å². The molecule has 1 rings (SSSR count). The molecule has 4 heteroatoms. The van der Waals surface area contributed by atoms with Gasteiger partial charge in [-0.05, 0) is 19.1 Å². The number of rotatable bonds is 3. The molecule has 0 aliphatic rings. The van der Waals surface area contributed by atoms with E-state index in [9.17, 15) is 14.7 Å². The Hall–Kier alpha value is -1.84. The zero-order valence-corrected chi connectivity index (χ0v) is 7.90. The molecule has 0 aliphatic carbocycles. The molecule has 74 valence electrons. The van der Waals surface area contributed by atoms with Crippen molar-refractivity contribution in [1.29, 1.82) is 0 Å². The van der Waals surface area contributed by atoms with Crippen LogP contribution in [0, 0.1) is 0 Å². The van der Waals surface area contributed by atoms with Crippen molar-refractivity contribution in [3.05, 3.63) is 23.3 Å². The Morgan fingerprint density at radius 1 is 1.50 bits per heavy atom. The minimum absolute atomic E-state index is 0.0893. The van der Waals surface area contributed by atoms with Gasteiger partial charge < -0.3 is 9.84 Å². The van der Waals surface area contributed by atoms with Gasteiger partial charge >= 0.3 is 0 Å². The highest BCUT2D eigenvalue weighted by Crippen LogP contribution is 2.31. The number of carbonyl (C=O) groups is 2. The Balaban J connectivity index is 3.41. The number of phenols is 1. The van der Waals surface area contributed by atoms with Gasteiger partial charge in [-0.1, -0.05) is 0 Å². The fourth-order valence-electron chi connectivity index (χ4n) is 1.12. The zero-order valence-electron chi connectivity index (χ0n) is 7.90. The van der Waals surface area contributed by atoms with E-state index in [4.69, 9.17) is 4.74 Å². The van der Waals surface area contributed by atoms with Crippen molar-refractivity contribution >= 4 is 12.1 Å². The van der Waals surface area contributed by atoms with Gasteiger partial charge in [0.25, 0.3) is 0 Å². The maximum Gasteiger partial charge on any atom is 0.168 e. The first-order chi connectivity index (χ1) is 6.60. The summed E-state index contributed by atoms with van der Waals surface area (Å²) in [6.07, 6.45) is 0.592. The van der Waals surface area contributed by atoms with Crippen molar-refractivity contribution in [2.24, 2.45) is 0 Å². The predicted molar refractivity (Wildman–Crippen MR) is 50.1 cm³/mol. The number of ketones is 1. The highest BCUT2D eigenvalue weighted by Gasteiger charge is 2.13. The van der Waals surface area contributed by atoms with Crippen LogP contribution in [0.15, 0.2) is 12.1 Å². The molecule has 0 atom stereocenters. The third-order valence-electron chi connectivity index (χ3n) is 1.83. The molecule has 14 heavy (non-hydrogen) atoms. The summed E-state index contributed by atoms with van der Waals surface area (Å²) < 4.78 is 4.82.